The highest BCUT2D eigenvalue weighted by Crippen LogP contribution is 2.12. The Morgan fingerprint density at radius 3 is 2.10 bits per heavy atom. The number of benzene rings is 2. The van der Waals surface area contributed by atoms with Gasteiger partial charge in [0.25, 0.3) is 0 Å². The van der Waals surface area contributed by atoms with Gasteiger partial charge in [0.15, 0.2) is 0 Å². The van der Waals surface area contributed by atoms with E-state index in [1.54, 1.807) is 18.2 Å². The smallest absolute Gasteiger partial charge is 0.328 e. The van der Waals surface area contributed by atoms with E-state index >= 15 is 0 Å². The molecule has 0 fully saturated rings. The van der Waals surface area contributed by atoms with Crippen LogP contribution in [0.5, 0.6) is 0 Å². The van der Waals surface area contributed by atoms with Crippen molar-refractivity contribution < 1.29 is 23.5 Å². The van der Waals surface area contributed by atoms with Crippen LogP contribution in [0.3, 0.4) is 0 Å². The van der Waals surface area contributed by atoms with Gasteiger partial charge >= 0.3 is 5.97 Å². The van der Waals surface area contributed by atoms with Crippen LogP contribution in [-0.4, -0.2) is 37.0 Å². The number of hydrogen-bond acceptors (Lipinski definition) is 4. The first kappa shape index (κ1) is 22.1. The fraction of sp³-hybridized carbons (Fsp3) is 0.318. The minimum absolute atomic E-state index is 0.0453. The summed E-state index contributed by atoms with van der Waals surface area (Å²) >= 11 is 0. The van der Waals surface area contributed by atoms with Crippen LogP contribution in [-0.2, 0) is 32.0 Å². The summed E-state index contributed by atoms with van der Waals surface area (Å²) in [6, 6.07) is 11.5. The van der Waals surface area contributed by atoms with Crippen molar-refractivity contribution in [2.45, 2.75) is 38.8 Å². The third kappa shape index (κ3) is 6.41. The Bertz CT molecular complexity index is 885. The summed E-state index contributed by atoms with van der Waals surface area (Å²) in [4.78, 5) is 36.6. The average molecular weight is 400 g/mol. The van der Waals surface area contributed by atoms with Crippen molar-refractivity contribution in [1.29, 1.82) is 0 Å². The molecule has 0 heterocycles. The van der Waals surface area contributed by atoms with Crippen molar-refractivity contribution in [2.24, 2.45) is 0 Å². The summed E-state index contributed by atoms with van der Waals surface area (Å²) in [5.74, 6) is -2.10. The number of rotatable bonds is 8. The second-order valence-corrected chi connectivity index (χ2v) is 6.76. The van der Waals surface area contributed by atoms with Gasteiger partial charge < -0.3 is 15.4 Å². The average Bonchev–Trinajstić information content (AvgIpc) is 2.69. The molecule has 2 amide bonds. The van der Waals surface area contributed by atoms with E-state index < -0.39 is 35.7 Å². The number of aryl methyl sites for hydroxylation is 1. The molecule has 0 unspecified atom stereocenters. The van der Waals surface area contributed by atoms with E-state index in [9.17, 15) is 18.8 Å². The number of nitrogens with one attached hydrogen (secondary N) is 2. The molecule has 0 aliphatic rings. The lowest BCUT2D eigenvalue weighted by Crippen LogP contribution is -2.53. The van der Waals surface area contributed by atoms with Gasteiger partial charge in [-0.15, -0.1) is 0 Å². The van der Waals surface area contributed by atoms with Crippen LogP contribution in [0, 0.1) is 12.7 Å². The Labute approximate surface area is 169 Å². The highest BCUT2D eigenvalue weighted by Gasteiger charge is 2.28. The van der Waals surface area contributed by atoms with Crippen molar-refractivity contribution >= 4 is 17.8 Å². The number of halogens is 1. The lowest BCUT2D eigenvalue weighted by atomic mass is 10.00. The Balaban J connectivity index is 2.20. The van der Waals surface area contributed by atoms with E-state index in [0.717, 1.165) is 11.1 Å². The van der Waals surface area contributed by atoms with Gasteiger partial charge in [-0.25, -0.2) is 9.18 Å². The standard InChI is InChI=1S/C22H25FN2O4/c1-14-8-4-5-9-16(14)12-20(22(28)29-3)25-21(27)19(24-15(2)26)13-17-10-6-7-11-18(17)23/h4-11,19-20H,12-13H2,1-3H3,(H,24,26)(H,25,27)/t19-,20-/m0/s1. The zero-order chi connectivity index (χ0) is 21.4. The molecule has 154 valence electrons. The van der Waals surface area contributed by atoms with Crippen molar-refractivity contribution in [1.82, 2.24) is 10.6 Å². The van der Waals surface area contributed by atoms with E-state index in [1.165, 1.54) is 20.1 Å². The Kier molecular flexibility index (Phi) is 7.88. The summed E-state index contributed by atoms with van der Waals surface area (Å²) in [6.07, 6.45) is 0.188. The predicted octanol–water partition coefficient (Wildman–Crippen LogP) is 2.08. The maximum atomic E-state index is 14.0. The highest BCUT2D eigenvalue weighted by molar-refractivity contribution is 5.90. The summed E-state index contributed by atoms with van der Waals surface area (Å²) in [6.45, 7) is 3.18. The first-order valence-electron chi connectivity index (χ1n) is 9.25. The summed E-state index contributed by atoms with van der Waals surface area (Å²) in [5, 5.41) is 5.16. The van der Waals surface area contributed by atoms with Gasteiger partial charge in [-0.2, -0.15) is 0 Å². The minimum atomic E-state index is -1.03. The number of amides is 2. The molecule has 0 saturated heterocycles. The second kappa shape index (κ2) is 10.4. The maximum absolute atomic E-state index is 14.0. The fourth-order valence-corrected chi connectivity index (χ4v) is 3.01. The van der Waals surface area contributed by atoms with Crippen LogP contribution in [0.25, 0.3) is 0 Å². The third-order valence-corrected chi connectivity index (χ3v) is 4.56. The van der Waals surface area contributed by atoms with Gasteiger partial charge in [-0.05, 0) is 29.7 Å². The van der Waals surface area contributed by atoms with Crippen LogP contribution in [0.1, 0.15) is 23.6 Å². The Hall–Kier alpha value is -3.22. The first-order chi connectivity index (χ1) is 13.8. The van der Waals surface area contributed by atoms with E-state index in [1.807, 2.05) is 31.2 Å². The quantitative estimate of drug-likeness (QED) is 0.665. The molecule has 0 aliphatic carbocycles. The molecule has 6 nitrogen and oxygen atoms in total. The Morgan fingerprint density at radius 1 is 0.931 bits per heavy atom. The zero-order valence-electron chi connectivity index (χ0n) is 16.7. The monoisotopic (exact) mass is 400 g/mol. The van der Waals surface area contributed by atoms with Gasteiger partial charge in [0, 0.05) is 19.8 Å². The van der Waals surface area contributed by atoms with E-state index in [-0.39, 0.29) is 18.4 Å². The van der Waals surface area contributed by atoms with Crippen molar-refractivity contribution in [2.75, 3.05) is 7.11 Å². The van der Waals surface area contributed by atoms with Crippen LogP contribution < -0.4 is 10.6 Å². The third-order valence-electron chi connectivity index (χ3n) is 4.56. The number of ether oxygens (including phenoxy) is 1. The van der Waals surface area contributed by atoms with Crippen molar-refractivity contribution in [3.05, 3.63) is 71.0 Å². The van der Waals surface area contributed by atoms with Gasteiger partial charge in [-0.1, -0.05) is 42.5 Å². The molecular weight excluding hydrogens is 375 g/mol. The largest absolute Gasteiger partial charge is 0.467 e. The predicted molar refractivity (Wildman–Crippen MR) is 107 cm³/mol. The maximum Gasteiger partial charge on any atom is 0.328 e. The molecule has 29 heavy (non-hydrogen) atoms. The first-order valence-corrected chi connectivity index (χ1v) is 9.25. The second-order valence-electron chi connectivity index (χ2n) is 6.76. The molecule has 2 aromatic rings. The van der Waals surface area contributed by atoms with E-state index in [0.29, 0.717) is 0 Å². The Morgan fingerprint density at radius 2 is 1.52 bits per heavy atom. The molecule has 2 rings (SSSR count). The normalized spacial score (nSPS) is 12.6. The van der Waals surface area contributed by atoms with Crippen LogP contribution >= 0.6 is 0 Å². The number of methoxy groups -OCH3 is 1. The lowest BCUT2D eigenvalue weighted by molar-refractivity contribution is -0.145. The molecule has 7 heteroatoms. The van der Waals surface area contributed by atoms with E-state index in [4.69, 9.17) is 4.74 Å². The molecule has 0 saturated carbocycles. The van der Waals surface area contributed by atoms with Crippen molar-refractivity contribution in [3.8, 4) is 0 Å². The van der Waals surface area contributed by atoms with E-state index in [2.05, 4.69) is 10.6 Å². The van der Waals surface area contributed by atoms with Gasteiger partial charge in [0.2, 0.25) is 11.8 Å². The molecular formula is C22H25FN2O4. The van der Waals surface area contributed by atoms with Crippen LogP contribution in [0.2, 0.25) is 0 Å². The number of hydrogen-bond donors (Lipinski definition) is 2. The number of carbonyl (C=O) groups is 3. The van der Waals surface area contributed by atoms with Crippen molar-refractivity contribution in [3.63, 3.8) is 0 Å². The number of esters is 1. The highest BCUT2D eigenvalue weighted by atomic mass is 19.1. The van der Waals surface area contributed by atoms with Crippen LogP contribution in [0.4, 0.5) is 4.39 Å². The fourth-order valence-electron chi connectivity index (χ4n) is 3.01. The molecule has 0 aliphatic heterocycles. The SMILES string of the molecule is COC(=O)[C@H](Cc1ccccc1C)NC(=O)[C@H](Cc1ccccc1F)NC(C)=O. The van der Waals surface area contributed by atoms with Gasteiger partial charge in [0.1, 0.15) is 17.9 Å². The molecule has 0 spiro atoms. The zero-order valence-corrected chi connectivity index (χ0v) is 16.7. The summed E-state index contributed by atoms with van der Waals surface area (Å²) in [7, 11) is 1.24. The molecule has 2 N–H and O–H groups in total. The molecule has 0 bridgehead atoms. The molecule has 0 radical (unpaired) electrons. The molecule has 2 aromatic carbocycles. The van der Waals surface area contributed by atoms with Crippen LogP contribution in [0.15, 0.2) is 48.5 Å². The lowest BCUT2D eigenvalue weighted by Gasteiger charge is -2.22. The summed E-state index contributed by atoms with van der Waals surface area (Å²) < 4.78 is 18.8. The van der Waals surface area contributed by atoms with Gasteiger partial charge in [-0.3, -0.25) is 9.59 Å². The summed E-state index contributed by atoms with van der Waals surface area (Å²) in [5.41, 5.74) is 2.14. The minimum Gasteiger partial charge on any atom is -0.467 e. The molecule has 0 aromatic heterocycles. The topological polar surface area (TPSA) is 84.5 Å². The van der Waals surface area contributed by atoms with Gasteiger partial charge in [0.05, 0.1) is 7.11 Å². The number of carbonyl (C=O) groups excluding carboxylic acids is 3. The molecule has 2 atom stereocenters.